The van der Waals surface area contributed by atoms with Crippen LogP contribution in [0.5, 0.6) is 0 Å². The van der Waals surface area contributed by atoms with Gasteiger partial charge in [0.05, 0.1) is 0 Å². The third kappa shape index (κ3) is 2210. The Morgan fingerprint density at radius 1 is 1.60 bits per heavy atom. The van der Waals surface area contributed by atoms with Gasteiger partial charge in [-0.2, -0.15) is 0 Å². The van der Waals surface area contributed by atoms with E-state index in [1.165, 1.54) is 0 Å². The van der Waals surface area contributed by atoms with Crippen LogP contribution in [0.3, 0.4) is 0 Å². The largest absolute Gasteiger partial charge is 0.286 e. The zero-order valence-electron chi connectivity index (χ0n) is 3.56. The minimum atomic E-state index is -1.17. The molecule has 0 radical (unpaired) electrons. The highest BCUT2D eigenvalue weighted by atomic mass is 32.2. The molecule has 0 aromatic heterocycles. The molecule has 1 nitrogen and oxygen atoms in total. The van der Waals surface area contributed by atoms with E-state index in [2.05, 4.69) is 0 Å². The van der Waals surface area contributed by atoms with Crippen molar-refractivity contribution in [2.45, 2.75) is 0 Å². The number of hydrogen-bond donors (Lipinski definition) is 1. The van der Waals surface area contributed by atoms with Crippen LogP contribution >= 0.6 is 9.62 Å². The second kappa shape index (κ2) is 1.05. The van der Waals surface area contributed by atoms with Crippen molar-refractivity contribution in [1.29, 1.82) is 0 Å². The summed E-state index contributed by atoms with van der Waals surface area (Å²) in [5.74, 6) is 0. The molecule has 0 saturated heterocycles. The van der Waals surface area contributed by atoms with Crippen molar-refractivity contribution in [3.05, 3.63) is 0 Å². The van der Waals surface area contributed by atoms with Gasteiger partial charge in [0.1, 0.15) is 0 Å². The van der Waals surface area contributed by atoms with E-state index < -0.39 is 9.62 Å². The van der Waals surface area contributed by atoms with Crippen molar-refractivity contribution >= 4 is 9.62 Å². The number of rotatable bonds is 0. The van der Waals surface area contributed by atoms with Crippen molar-refractivity contribution in [2.24, 2.45) is 5.14 Å². The molecule has 0 amide bonds. The third-order valence-corrected chi connectivity index (χ3v) is 0. The lowest BCUT2D eigenvalue weighted by Crippen LogP contribution is -1.88. The van der Waals surface area contributed by atoms with Gasteiger partial charge in [0.15, 0.2) is 0 Å². The molecule has 0 unspecified atom stereocenters. The summed E-state index contributed by atoms with van der Waals surface area (Å²) < 4.78 is 0. The third-order valence-electron chi connectivity index (χ3n) is 0. The molecular weight excluding hydrogens is 82.1 g/mol. The molecule has 0 fully saturated rings. The van der Waals surface area contributed by atoms with Gasteiger partial charge in [-0.1, -0.05) is 0 Å². The predicted molar refractivity (Wildman–Crippen MR) is 28.6 cm³/mol. The van der Waals surface area contributed by atoms with Gasteiger partial charge in [-0.05, 0) is 12.5 Å². The first-order valence-corrected chi connectivity index (χ1v) is 3.86. The molecule has 0 aliphatic carbocycles. The van der Waals surface area contributed by atoms with Crippen molar-refractivity contribution in [3.8, 4) is 5.69 Å². The van der Waals surface area contributed by atoms with Crippen molar-refractivity contribution in [3.63, 3.8) is 0 Å². The Morgan fingerprint density at radius 2 is 1.60 bits per heavy atom. The summed E-state index contributed by atoms with van der Waals surface area (Å²) in [6.45, 7) is 0. The molecule has 0 aromatic carbocycles. The van der Waals surface area contributed by atoms with Crippen LogP contribution in [0.4, 0.5) is 0 Å². The van der Waals surface area contributed by atoms with Gasteiger partial charge < -0.3 is 0 Å². The van der Waals surface area contributed by atoms with Gasteiger partial charge in [-0.15, -0.1) is 15.3 Å². The second-order valence-corrected chi connectivity index (χ2v) is 4.46. The molecule has 0 heterocycles. The fraction of sp³-hybridized carbons (Fsp3) is 0.667. The van der Waals surface area contributed by atoms with Crippen LogP contribution in [0.2, 0.25) is 0 Å². The van der Waals surface area contributed by atoms with Crippen LogP contribution in [0.15, 0.2) is 0 Å². The zero-order valence-corrected chi connectivity index (χ0v) is 4.38. The summed E-state index contributed by atoms with van der Waals surface area (Å²) >= 11 is 0. The SMILES string of the molecule is C#S(C)(C)N. The Kier molecular flexibility index (Phi) is 1.07. The first kappa shape index (κ1) is 5.09. The molecule has 0 rings (SSSR count). The van der Waals surface area contributed by atoms with Crippen LogP contribution < -0.4 is 5.14 Å². The monoisotopic (exact) mass is 91.0 g/mol. The Hall–Kier alpha value is 0.0900. The summed E-state index contributed by atoms with van der Waals surface area (Å²) in [5.41, 5.74) is 5.22. The van der Waals surface area contributed by atoms with Gasteiger partial charge in [0, 0.05) is 0 Å². The Morgan fingerprint density at radius 3 is 1.60 bits per heavy atom. The van der Waals surface area contributed by atoms with E-state index in [1.54, 1.807) is 0 Å². The van der Waals surface area contributed by atoms with Gasteiger partial charge in [0.25, 0.3) is 0 Å². The topological polar surface area (TPSA) is 26.0 Å². The standard InChI is InChI=1S/C3H9NS/c1-5(2,3)4/h1H,4H2,2-3H3. The highest BCUT2D eigenvalue weighted by Gasteiger charge is 1.70. The van der Waals surface area contributed by atoms with E-state index in [0.717, 1.165) is 0 Å². The fourth-order valence-electron chi connectivity index (χ4n) is 0. The molecule has 0 saturated carbocycles. The molecule has 0 bridgehead atoms. The normalized spacial score (nSPS) is 11.6. The van der Waals surface area contributed by atoms with Crippen LogP contribution in [0, 0.1) is 5.69 Å². The lowest BCUT2D eigenvalue weighted by Gasteiger charge is -1.96. The average molecular weight is 91.2 g/mol. The van der Waals surface area contributed by atoms with Crippen LogP contribution in [-0.2, 0) is 0 Å². The van der Waals surface area contributed by atoms with Gasteiger partial charge in [-0.3, -0.25) is 5.14 Å². The maximum atomic E-state index is 5.22. The van der Waals surface area contributed by atoms with Crippen molar-refractivity contribution in [1.82, 2.24) is 0 Å². The summed E-state index contributed by atoms with van der Waals surface area (Å²) in [7, 11) is -1.17. The van der Waals surface area contributed by atoms with Gasteiger partial charge in [-0.25, -0.2) is 0 Å². The summed E-state index contributed by atoms with van der Waals surface area (Å²) in [4.78, 5) is 0. The first-order valence-electron chi connectivity index (χ1n) is 1.29. The zero-order chi connectivity index (χ0) is 4.50. The smallest absolute Gasteiger partial charge is 0.0135 e. The Bertz CT molecular complexity index is 86.0. The van der Waals surface area contributed by atoms with E-state index >= 15 is 0 Å². The molecular formula is C3H9NS. The molecule has 5 heavy (non-hydrogen) atoms. The van der Waals surface area contributed by atoms with Crippen molar-refractivity contribution in [2.75, 3.05) is 12.5 Å². The lowest BCUT2D eigenvalue weighted by atomic mass is 11.9. The average Bonchev–Trinajstić information content (AvgIpc) is 0.722. The number of nitrogens with two attached hydrogens (primary N) is 1. The van der Waals surface area contributed by atoms with Crippen molar-refractivity contribution < 1.29 is 0 Å². The minimum absolute atomic E-state index is 1.17. The predicted octanol–water partition coefficient (Wildman–Crippen LogP) is 0.513. The van der Waals surface area contributed by atoms with Crippen LogP contribution in [0.1, 0.15) is 0 Å². The maximum Gasteiger partial charge on any atom is -0.0135 e. The first-order chi connectivity index (χ1) is 2.00. The van der Waals surface area contributed by atoms with Crippen LogP contribution in [-0.4, -0.2) is 12.5 Å². The molecule has 0 aliphatic rings. The summed E-state index contributed by atoms with van der Waals surface area (Å²) in [5, 5.41) is 5.22. The van der Waals surface area contributed by atoms with Gasteiger partial charge in [0.2, 0.25) is 0 Å². The van der Waals surface area contributed by atoms with Crippen LogP contribution in [0.25, 0.3) is 0 Å². The highest BCUT2D eigenvalue weighted by molar-refractivity contribution is 8.20. The molecule has 0 aromatic rings. The molecule has 0 atom stereocenters. The van der Waals surface area contributed by atoms with Gasteiger partial charge >= 0.3 is 0 Å². The maximum absolute atomic E-state index is 5.22. The summed E-state index contributed by atoms with van der Waals surface area (Å²) in [6, 6.07) is 0. The van der Waals surface area contributed by atoms with E-state index in [9.17, 15) is 0 Å². The molecule has 0 spiro atoms. The lowest BCUT2D eigenvalue weighted by molar-refractivity contribution is 1.94. The fourth-order valence-corrected chi connectivity index (χ4v) is 0. The molecule has 32 valence electrons. The molecule has 0 aliphatic heterocycles. The van der Waals surface area contributed by atoms with E-state index in [-0.39, 0.29) is 0 Å². The second-order valence-electron chi connectivity index (χ2n) is 1.49. The minimum Gasteiger partial charge on any atom is -0.286 e. The van der Waals surface area contributed by atoms with E-state index in [1.807, 2.05) is 12.5 Å². The highest BCUT2D eigenvalue weighted by Crippen LogP contribution is 2.03. The van der Waals surface area contributed by atoms with E-state index in [4.69, 9.17) is 10.8 Å². The quantitative estimate of drug-likeness (QED) is 0.462. The summed E-state index contributed by atoms with van der Waals surface area (Å²) in [6.07, 6.45) is 3.65. The molecule has 2 heteroatoms. The Labute approximate surface area is 33.8 Å². The van der Waals surface area contributed by atoms with E-state index in [0.29, 0.717) is 0 Å². The number of hydrogen-bond acceptors (Lipinski definition) is 1. The Balaban J connectivity index is 3.66. The molecule has 2 N–H and O–H groups in total.